The molecule has 0 saturated heterocycles. The van der Waals surface area contributed by atoms with Gasteiger partial charge >= 0.3 is 0 Å². The average Bonchev–Trinajstić information content (AvgIpc) is 3.05. The Balaban J connectivity index is 1.83. The highest BCUT2D eigenvalue weighted by molar-refractivity contribution is 7.09. The molecule has 0 aliphatic rings. The minimum atomic E-state index is -0.536. The molecule has 0 amide bonds. The van der Waals surface area contributed by atoms with Crippen molar-refractivity contribution >= 4 is 11.3 Å². The van der Waals surface area contributed by atoms with Gasteiger partial charge in [-0.3, -0.25) is 4.90 Å². The Morgan fingerprint density at radius 1 is 1.22 bits per heavy atom. The fourth-order valence-corrected chi connectivity index (χ4v) is 3.08. The van der Waals surface area contributed by atoms with Gasteiger partial charge in [0.1, 0.15) is 18.5 Å². The summed E-state index contributed by atoms with van der Waals surface area (Å²) in [7, 11) is 1.70. The Bertz CT molecular complexity index is 559. The summed E-state index contributed by atoms with van der Waals surface area (Å²) in [4.78, 5) is 3.48. The molecule has 0 unspecified atom stereocenters. The molecule has 0 saturated carbocycles. The molecule has 2 rings (SSSR count). The van der Waals surface area contributed by atoms with Crippen LogP contribution in [0.1, 0.15) is 10.4 Å². The van der Waals surface area contributed by atoms with Crippen LogP contribution in [0.15, 0.2) is 41.8 Å². The van der Waals surface area contributed by atoms with Crippen LogP contribution in [-0.4, -0.2) is 49.5 Å². The maximum Gasteiger partial charge on any atom is 0.122 e. The number of aliphatic hydroxyl groups is 1. The number of methoxy groups -OCH3 is 1. The second-order valence-electron chi connectivity index (χ2n) is 5.54. The van der Waals surface area contributed by atoms with E-state index in [-0.39, 0.29) is 0 Å². The number of thiophene rings is 1. The Kier molecular flexibility index (Phi) is 7.55. The average molecular weight is 335 g/mol. The highest BCUT2D eigenvalue weighted by atomic mass is 32.1. The number of hydrogen-bond acceptors (Lipinski definition) is 5. The fourth-order valence-electron chi connectivity index (χ4n) is 2.33. The number of benzene rings is 1. The second kappa shape index (κ2) is 9.67. The first-order chi connectivity index (χ1) is 11.2. The Labute approximate surface area is 142 Å². The van der Waals surface area contributed by atoms with Crippen LogP contribution in [0.2, 0.25) is 0 Å². The molecule has 0 bridgehead atoms. The predicted octanol–water partition coefficient (Wildman–Crippen LogP) is 2.94. The summed E-state index contributed by atoms with van der Waals surface area (Å²) >= 11 is 1.73. The van der Waals surface area contributed by atoms with E-state index in [1.54, 1.807) is 18.4 Å². The quantitative estimate of drug-likeness (QED) is 0.725. The summed E-state index contributed by atoms with van der Waals surface area (Å²) in [6.45, 7) is 5.12. The molecule has 0 spiro atoms. The second-order valence-corrected chi connectivity index (χ2v) is 6.57. The van der Waals surface area contributed by atoms with Crippen molar-refractivity contribution in [2.24, 2.45) is 0 Å². The summed E-state index contributed by atoms with van der Waals surface area (Å²) < 4.78 is 10.9. The number of aliphatic hydroxyl groups excluding tert-OH is 1. The lowest BCUT2D eigenvalue weighted by Crippen LogP contribution is -2.37. The zero-order valence-electron chi connectivity index (χ0n) is 13.8. The number of aryl methyl sites for hydroxylation is 1. The summed E-state index contributed by atoms with van der Waals surface area (Å²) in [5.74, 6) is 0.827. The topological polar surface area (TPSA) is 41.9 Å². The summed E-state index contributed by atoms with van der Waals surface area (Å²) in [5, 5.41) is 12.4. The SMILES string of the molecule is COCCN(Cc1cccs1)C[C@H](O)COc1ccccc1C. The highest BCUT2D eigenvalue weighted by Gasteiger charge is 2.14. The largest absolute Gasteiger partial charge is 0.491 e. The molecule has 0 aliphatic heterocycles. The van der Waals surface area contributed by atoms with Crippen molar-refractivity contribution in [3.63, 3.8) is 0 Å². The molecule has 1 N–H and O–H groups in total. The summed E-state index contributed by atoms with van der Waals surface area (Å²) in [6.07, 6.45) is -0.536. The van der Waals surface area contributed by atoms with Crippen LogP contribution in [0.3, 0.4) is 0 Å². The molecule has 1 aromatic heterocycles. The summed E-state index contributed by atoms with van der Waals surface area (Å²) in [6, 6.07) is 12.0. The standard InChI is InChI=1S/C18H25NO3S/c1-15-6-3-4-8-18(15)22-14-16(20)12-19(9-10-21-2)13-17-7-5-11-23-17/h3-8,11,16,20H,9-10,12-14H2,1-2H3/t16-/m0/s1. The molecule has 1 heterocycles. The van der Waals surface area contributed by atoms with Gasteiger partial charge < -0.3 is 14.6 Å². The highest BCUT2D eigenvalue weighted by Crippen LogP contribution is 2.17. The first-order valence-corrected chi connectivity index (χ1v) is 8.67. The minimum absolute atomic E-state index is 0.290. The molecule has 1 atom stereocenters. The van der Waals surface area contributed by atoms with Crippen molar-refractivity contribution in [3.8, 4) is 5.75 Å². The number of para-hydroxylation sites is 1. The molecule has 0 fully saturated rings. The lowest BCUT2D eigenvalue weighted by Gasteiger charge is -2.24. The third kappa shape index (κ3) is 6.31. The van der Waals surface area contributed by atoms with Gasteiger partial charge in [-0.05, 0) is 30.0 Å². The van der Waals surface area contributed by atoms with Crippen molar-refractivity contribution < 1.29 is 14.6 Å². The summed E-state index contributed by atoms with van der Waals surface area (Å²) in [5.41, 5.74) is 1.08. The smallest absolute Gasteiger partial charge is 0.122 e. The van der Waals surface area contributed by atoms with Gasteiger partial charge in [0.05, 0.1) is 6.61 Å². The van der Waals surface area contributed by atoms with E-state index in [2.05, 4.69) is 16.3 Å². The third-order valence-corrected chi connectivity index (χ3v) is 4.43. The van der Waals surface area contributed by atoms with Crippen LogP contribution in [0.5, 0.6) is 5.75 Å². The van der Waals surface area contributed by atoms with Crippen LogP contribution in [-0.2, 0) is 11.3 Å². The predicted molar refractivity (Wildman–Crippen MR) is 94.2 cm³/mol. The van der Waals surface area contributed by atoms with Gasteiger partial charge in [-0.2, -0.15) is 0 Å². The van der Waals surface area contributed by atoms with E-state index in [9.17, 15) is 5.11 Å². The molecule has 23 heavy (non-hydrogen) atoms. The molecule has 1 aromatic carbocycles. The van der Waals surface area contributed by atoms with Gasteiger partial charge in [0, 0.05) is 31.6 Å². The van der Waals surface area contributed by atoms with Crippen LogP contribution in [0.4, 0.5) is 0 Å². The Morgan fingerprint density at radius 2 is 2.04 bits per heavy atom. The van der Waals surface area contributed by atoms with Crippen molar-refractivity contribution in [1.82, 2.24) is 4.90 Å². The molecule has 5 heteroatoms. The van der Waals surface area contributed by atoms with Crippen molar-refractivity contribution in [2.45, 2.75) is 19.6 Å². The maximum atomic E-state index is 10.3. The van der Waals surface area contributed by atoms with Gasteiger partial charge in [0.15, 0.2) is 0 Å². The van der Waals surface area contributed by atoms with Crippen LogP contribution >= 0.6 is 11.3 Å². The van der Waals surface area contributed by atoms with Crippen LogP contribution < -0.4 is 4.74 Å². The molecule has 0 aliphatic carbocycles. The number of ether oxygens (including phenoxy) is 2. The molecule has 126 valence electrons. The van der Waals surface area contributed by atoms with E-state index < -0.39 is 6.10 Å². The van der Waals surface area contributed by atoms with Gasteiger partial charge in [-0.1, -0.05) is 24.3 Å². The first-order valence-electron chi connectivity index (χ1n) is 7.79. The van der Waals surface area contributed by atoms with E-state index in [1.165, 1.54) is 4.88 Å². The number of hydrogen-bond donors (Lipinski definition) is 1. The van der Waals surface area contributed by atoms with E-state index >= 15 is 0 Å². The lowest BCUT2D eigenvalue weighted by atomic mass is 10.2. The Hall–Kier alpha value is -1.40. The molecular weight excluding hydrogens is 310 g/mol. The Morgan fingerprint density at radius 3 is 2.74 bits per heavy atom. The molecule has 2 aromatic rings. The van der Waals surface area contributed by atoms with E-state index in [0.29, 0.717) is 19.8 Å². The zero-order chi connectivity index (χ0) is 16.5. The minimum Gasteiger partial charge on any atom is -0.491 e. The zero-order valence-corrected chi connectivity index (χ0v) is 14.6. The van der Waals surface area contributed by atoms with E-state index in [0.717, 1.165) is 24.4 Å². The lowest BCUT2D eigenvalue weighted by molar-refractivity contribution is 0.0544. The molecular formula is C18H25NO3S. The van der Waals surface area contributed by atoms with Gasteiger partial charge in [0.2, 0.25) is 0 Å². The molecule has 4 nitrogen and oxygen atoms in total. The monoisotopic (exact) mass is 335 g/mol. The van der Waals surface area contributed by atoms with E-state index in [4.69, 9.17) is 9.47 Å². The normalized spacial score (nSPS) is 12.5. The third-order valence-electron chi connectivity index (χ3n) is 3.56. The fraction of sp³-hybridized carbons (Fsp3) is 0.444. The number of rotatable bonds is 10. The number of nitrogens with zero attached hydrogens (tertiary/aromatic N) is 1. The van der Waals surface area contributed by atoms with Crippen molar-refractivity contribution in [1.29, 1.82) is 0 Å². The van der Waals surface area contributed by atoms with Gasteiger partial charge in [-0.15, -0.1) is 11.3 Å². The van der Waals surface area contributed by atoms with Crippen LogP contribution in [0.25, 0.3) is 0 Å². The van der Waals surface area contributed by atoms with Crippen LogP contribution in [0, 0.1) is 6.92 Å². The van der Waals surface area contributed by atoms with Gasteiger partial charge in [-0.25, -0.2) is 0 Å². The first kappa shape index (κ1) is 17.9. The van der Waals surface area contributed by atoms with Crippen molar-refractivity contribution in [2.75, 3.05) is 33.4 Å². The van der Waals surface area contributed by atoms with E-state index in [1.807, 2.05) is 37.3 Å². The van der Waals surface area contributed by atoms with Crippen molar-refractivity contribution in [3.05, 3.63) is 52.2 Å². The van der Waals surface area contributed by atoms with Gasteiger partial charge in [0.25, 0.3) is 0 Å². The maximum absolute atomic E-state index is 10.3. The molecule has 0 radical (unpaired) electrons.